The van der Waals surface area contributed by atoms with Gasteiger partial charge in [0.2, 0.25) is 19.8 Å². The largest absolute Gasteiger partial charge is 0.398 e. The van der Waals surface area contributed by atoms with Crippen LogP contribution < -0.4 is 5.32 Å². The summed E-state index contributed by atoms with van der Waals surface area (Å²) in [6.45, 7) is -0.404. The molecule has 180 valence electrons. The van der Waals surface area contributed by atoms with Gasteiger partial charge in [-0.3, -0.25) is 24.5 Å². The predicted octanol–water partition coefficient (Wildman–Crippen LogP) is -0.621. The Labute approximate surface area is 237 Å². The molecule has 0 bridgehead atoms. The molecule has 2 aliphatic rings. The lowest BCUT2D eigenvalue weighted by Crippen LogP contribution is -2.72. The highest BCUT2D eigenvalue weighted by molar-refractivity contribution is 6.57. The van der Waals surface area contributed by atoms with Crippen molar-refractivity contribution in [1.82, 2.24) is 15.0 Å². The van der Waals surface area contributed by atoms with Gasteiger partial charge in [0.15, 0.2) is 0 Å². The highest BCUT2D eigenvalue weighted by atomic mass is 35.5. The zero-order chi connectivity index (χ0) is 29.3. The van der Waals surface area contributed by atoms with E-state index in [9.17, 15) is 28.0 Å². The molecule has 17 heteroatoms. The van der Waals surface area contributed by atoms with E-state index in [1.807, 2.05) is 5.32 Å². The van der Waals surface area contributed by atoms with Crippen LogP contribution in [-0.2, 0) is 32.2 Å². The zero-order valence-corrected chi connectivity index (χ0v) is 20.8. The Balaban J connectivity index is 1.65. The number of carbonyl (C=O) groups excluding carboxylic acids is 4. The van der Waals surface area contributed by atoms with Crippen LogP contribution >= 0.6 is 11.6 Å². The fraction of sp³-hybridized carbons (Fsp3) is 0.273. The minimum atomic E-state index is -4.13. The van der Waals surface area contributed by atoms with Gasteiger partial charge in [0.05, 0.1) is 44.7 Å². The highest BCUT2D eigenvalue weighted by Gasteiger charge is 2.59. The van der Waals surface area contributed by atoms with Gasteiger partial charge < -0.3 is 9.71 Å². The van der Waals surface area contributed by atoms with Crippen molar-refractivity contribution in [3.05, 3.63) is 69.7 Å². The number of rotatable bonds is 5. The van der Waals surface area contributed by atoms with Gasteiger partial charge in [-0.2, -0.15) is 8.78 Å². The summed E-state index contributed by atoms with van der Waals surface area (Å²) in [5, 5.41) is -2.78. The summed E-state index contributed by atoms with van der Waals surface area (Å²) in [6.07, 6.45) is 0. The normalized spacial score (nSPS) is 22.8. The number of imide groups is 1. The van der Waals surface area contributed by atoms with Crippen LogP contribution in [0.5, 0.6) is 0 Å². The van der Waals surface area contributed by atoms with Crippen LogP contribution in [-0.4, -0.2) is 93.8 Å². The molecule has 4 rings (SSSR count). The maximum atomic E-state index is 14.9. The summed E-state index contributed by atoms with van der Waals surface area (Å²) in [4.78, 5) is 51.4. The number of carbonyl (C=O) groups is 4. The van der Waals surface area contributed by atoms with Gasteiger partial charge in [-0.05, 0) is 40.5 Å². The van der Waals surface area contributed by atoms with Crippen molar-refractivity contribution in [3.63, 3.8) is 0 Å². The minimum absolute atomic E-state index is 0.00478. The third-order valence-corrected chi connectivity index (χ3v) is 7.18. The Bertz CT molecular complexity index is 1410. The van der Waals surface area contributed by atoms with E-state index in [1.165, 1.54) is 18.2 Å². The maximum Gasteiger partial charge on any atom is 0.348 e. The van der Waals surface area contributed by atoms with Crippen molar-refractivity contribution in [2.45, 2.75) is 34.3 Å². The zero-order valence-electron chi connectivity index (χ0n) is 20.0. The third-order valence-electron chi connectivity index (χ3n) is 6.93. The highest BCUT2D eigenvalue weighted by Crippen LogP contribution is 2.49. The van der Waals surface area contributed by atoms with E-state index in [4.69, 9.17) is 66.7 Å². The Hall–Kier alpha value is -2.88. The van der Waals surface area contributed by atoms with E-state index in [2.05, 4.69) is 0 Å². The van der Waals surface area contributed by atoms with Gasteiger partial charge in [-0.25, -0.2) is 0 Å². The quantitative estimate of drug-likeness (QED) is 0.413. The Morgan fingerprint density at radius 1 is 1.05 bits per heavy atom. The Morgan fingerprint density at radius 2 is 1.62 bits per heavy atom. The van der Waals surface area contributed by atoms with E-state index >= 15 is 0 Å². The molecule has 4 amide bonds. The Morgan fingerprint density at radius 3 is 2.21 bits per heavy atom. The third kappa shape index (κ3) is 4.26. The van der Waals surface area contributed by atoms with Gasteiger partial charge in [0.1, 0.15) is 7.85 Å². The van der Waals surface area contributed by atoms with Gasteiger partial charge in [0, 0.05) is 22.7 Å². The van der Waals surface area contributed by atoms with Gasteiger partial charge in [0.25, 0.3) is 11.8 Å². The number of halogens is 3. The van der Waals surface area contributed by atoms with Crippen LogP contribution in [0.2, 0.25) is 16.1 Å². The minimum Gasteiger partial charge on any atom is -0.398 e. The number of nitrogens with one attached hydrogen (secondary N) is 1. The van der Waals surface area contributed by atoms with Crippen LogP contribution in [0.25, 0.3) is 0 Å². The molecule has 1 unspecified atom stereocenters. The van der Waals surface area contributed by atoms with Crippen LogP contribution in [0, 0.1) is 0 Å². The lowest BCUT2D eigenvalue weighted by atomic mass is 9.31. The lowest BCUT2D eigenvalue weighted by molar-refractivity contribution is -0.155. The molecule has 0 saturated carbocycles. The molecule has 39 heavy (non-hydrogen) atoms. The molecule has 0 aliphatic carbocycles. The number of hydrogen-bond acceptors (Lipinski definition) is 4. The molecular weight excluding hydrogens is 519 g/mol. The first-order chi connectivity index (χ1) is 17.9. The molecule has 7 nitrogen and oxygen atoms in total. The molecule has 1 saturated heterocycles. The van der Waals surface area contributed by atoms with Crippen molar-refractivity contribution in [2.24, 2.45) is 0 Å². The van der Waals surface area contributed by atoms with Gasteiger partial charge in [-0.1, -0.05) is 41.1 Å². The molecule has 2 aliphatic heterocycles. The first kappa shape index (κ1) is 29.1. The molecular formula is C22H11B7ClF2N3O4. The fourth-order valence-corrected chi connectivity index (χ4v) is 4.51. The molecule has 1 N–H and O–H groups in total. The molecule has 2 atom stereocenters. The van der Waals surface area contributed by atoms with Crippen molar-refractivity contribution in [1.29, 1.82) is 0 Å². The second-order valence-electron chi connectivity index (χ2n) is 9.34. The summed E-state index contributed by atoms with van der Waals surface area (Å²) in [7, 11) is 41.8. The van der Waals surface area contributed by atoms with Gasteiger partial charge in [-0.15, -0.1) is 0 Å². The van der Waals surface area contributed by atoms with Crippen molar-refractivity contribution in [3.8, 4) is 0 Å². The van der Waals surface area contributed by atoms with Crippen molar-refractivity contribution < 1.29 is 28.0 Å². The number of piperidine rings is 1. The van der Waals surface area contributed by atoms with E-state index in [1.54, 1.807) is 0 Å². The topological polar surface area (TPSA) is 86.8 Å². The molecule has 0 aromatic heterocycles. The molecule has 2 aromatic rings. The number of alkyl halides is 2. The average Bonchev–Trinajstić information content (AvgIpc) is 3.21. The molecule has 0 spiro atoms. The summed E-state index contributed by atoms with van der Waals surface area (Å²) < 4.78 is 29.9. The SMILES string of the molecule is [B]C1C(=O)NC(=O)[C@@]([B])(N2Cc3cc(C([B])([B])N([B])C(=O)C(F)(F)c4ccc(Cl)cc4)ccc3C2=O)C1([B])[B]. The van der Waals surface area contributed by atoms with E-state index in [0.717, 1.165) is 29.2 Å². The molecule has 2 aromatic carbocycles. The van der Waals surface area contributed by atoms with E-state index in [-0.39, 0.29) is 26.5 Å². The second-order valence-corrected chi connectivity index (χ2v) is 9.78. The number of nitrogens with zero attached hydrogens (tertiary/aromatic N) is 2. The van der Waals surface area contributed by atoms with E-state index in [0.29, 0.717) is 0 Å². The first-order valence-corrected chi connectivity index (χ1v) is 11.5. The maximum absolute atomic E-state index is 14.9. The van der Waals surface area contributed by atoms with Crippen molar-refractivity contribution in [2.75, 3.05) is 0 Å². The number of fused-ring (bicyclic) bond motifs is 1. The van der Waals surface area contributed by atoms with Crippen LogP contribution in [0.3, 0.4) is 0 Å². The summed E-state index contributed by atoms with van der Waals surface area (Å²) in [5.74, 6) is -10.7. The average molecular weight is 530 g/mol. The first-order valence-electron chi connectivity index (χ1n) is 11.1. The lowest BCUT2D eigenvalue weighted by Gasteiger charge is -2.55. The Kier molecular flexibility index (Phi) is 6.98. The number of benzene rings is 2. The van der Waals surface area contributed by atoms with Gasteiger partial charge >= 0.3 is 5.92 Å². The summed E-state index contributed by atoms with van der Waals surface area (Å²) >= 11 is 5.72. The van der Waals surface area contributed by atoms with Crippen LogP contribution in [0.1, 0.15) is 27.0 Å². The smallest absolute Gasteiger partial charge is 0.348 e. The molecule has 14 radical (unpaired) electrons. The van der Waals surface area contributed by atoms with Crippen molar-refractivity contribution >= 4 is 90.3 Å². The monoisotopic (exact) mass is 531 g/mol. The fourth-order valence-electron chi connectivity index (χ4n) is 4.39. The number of amides is 4. The molecule has 2 heterocycles. The van der Waals surface area contributed by atoms with Crippen LogP contribution in [0.15, 0.2) is 42.5 Å². The van der Waals surface area contributed by atoms with E-state index < -0.39 is 63.5 Å². The standard InChI is InChI=1S/C22H11B7ClF2N3O4/c23-14-15(36)33-17(38)21(26,20(14,24)25)34-8-9-7-11(3-6-13(9)16(34)37)22(27,28)35(29)18(39)19(31,32)10-1-4-12(30)5-2-10/h1-7,14H,8H2,(H,33,36,38)/t14?,21-/m1/s1. The molecule has 1 fully saturated rings. The second kappa shape index (κ2) is 9.35. The summed E-state index contributed by atoms with van der Waals surface area (Å²) in [5.41, 5.74) is -3.19. The predicted molar refractivity (Wildman–Crippen MR) is 143 cm³/mol. The van der Waals surface area contributed by atoms with Crippen LogP contribution in [0.4, 0.5) is 8.78 Å². The number of hydrogen-bond donors (Lipinski definition) is 1. The summed E-state index contributed by atoms with van der Waals surface area (Å²) in [6, 6.07) is 7.80.